The molecule has 1 amide bonds. The van der Waals surface area contributed by atoms with E-state index in [1.165, 1.54) is 5.52 Å². The van der Waals surface area contributed by atoms with Crippen molar-refractivity contribution in [3.05, 3.63) is 30.6 Å². The first-order valence-electron chi connectivity index (χ1n) is 7.56. The van der Waals surface area contributed by atoms with E-state index >= 15 is 0 Å². The van der Waals surface area contributed by atoms with Gasteiger partial charge < -0.3 is 9.47 Å². The van der Waals surface area contributed by atoms with Gasteiger partial charge in [-0.3, -0.25) is 4.79 Å². The molecule has 0 N–H and O–H groups in total. The Morgan fingerprint density at radius 1 is 1.33 bits per heavy atom. The summed E-state index contributed by atoms with van der Waals surface area (Å²) in [4.78, 5) is 18.5. The minimum Gasteiger partial charge on any atom is -0.342 e. The number of hydrogen-bond acceptors (Lipinski definition) is 3. The Balaban J connectivity index is 1.64. The second-order valence-corrected chi connectivity index (χ2v) is 6.66. The Kier molecular flexibility index (Phi) is 4.48. The van der Waals surface area contributed by atoms with Gasteiger partial charge in [-0.2, -0.15) is 11.8 Å². The molecule has 4 nitrogen and oxygen atoms in total. The largest absolute Gasteiger partial charge is 0.342 e. The summed E-state index contributed by atoms with van der Waals surface area (Å²) < 4.78 is 2.28. The number of carbonyl (C=O) groups is 1. The van der Waals surface area contributed by atoms with Gasteiger partial charge >= 0.3 is 0 Å². The summed E-state index contributed by atoms with van der Waals surface area (Å²) in [6.07, 6.45) is 3.98. The lowest BCUT2D eigenvalue weighted by Crippen LogP contribution is -2.39. The SMILES string of the molecule is CCSCC(=O)N1CCC(n2cnc3ccccc32)CC1. The second kappa shape index (κ2) is 6.52. The van der Waals surface area contributed by atoms with Crippen molar-refractivity contribution in [2.24, 2.45) is 0 Å². The maximum absolute atomic E-state index is 12.0. The van der Waals surface area contributed by atoms with Crippen LogP contribution in [-0.2, 0) is 4.79 Å². The predicted molar refractivity (Wildman–Crippen MR) is 87.6 cm³/mol. The average molecular weight is 303 g/mol. The van der Waals surface area contributed by atoms with Gasteiger partial charge in [-0.1, -0.05) is 19.1 Å². The topological polar surface area (TPSA) is 38.1 Å². The third-order valence-electron chi connectivity index (χ3n) is 4.12. The number of para-hydroxylation sites is 2. The first-order valence-corrected chi connectivity index (χ1v) is 8.72. The number of carbonyl (C=O) groups excluding carboxylic acids is 1. The smallest absolute Gasteiger partial charge is 0.232 e. The number of hydrogen-bond donors (Lipinski definition) is 0. The first kappa shape index (κ1) is 14.4. The van der Waals surface area contributed by atoms with Gasteiger partial charge in [-0.25, -0.2) is 4.98 Å². The molecule has 1 aromatic heterocycles. The van der Waals surface area contributed by atoms with Gasteiger partial charge in [0.2, 0.25) is 5.91 Å². The molecular formula is C16H21N3OS. The van der Waals surface area contributed by atoms with E-state index in [2.05, 4.69) is 28.6 Å². The molecular weight excluding hydrogens is 282 g/mol. The molecule has 0 unspecified atom stereocenters. The van der Waals surface area contributed by atoms with Crippen LogP contribution in [0.2, 0.25) is 0 Å². The Labute approximate surface area is 129 Å². The van der Waals surface area contributed by atoms with E-state index in [1.54, 1.807) is 11.8 Å². The standard InChI is InChI=1S/C16H21N3OS/c1-2-21-11-16(20)18-9-7-13(8-10-18)19-12-17-14-5-3-4-6-15(14)19/h3-6,12-13H,2,7-11H2,1H3. The lowest BCUT2D eigenvalue weighted by molar-refractivity contribution is -0.129. The maximum Gasteiger partial charge on any atom is 0.232 e. The summed E-state index contributed by atoms with van der Waals surface area (Å²) in [7, 11) is 0. The van der Waals surface area contributed by atoms with E-state index in [0.717, 1.165) is 37.2 Å². The van der Waals surface area contributed by atoms with E-state index in [9.17, 15) is 4.79 Å². The van der Waals surface area contributed by atoms with Crippen LogP contribution in [-0.4, -0.2) is 45.0 Å². The molecule has 0 bridgehead atoms. The van der Waals surface area contributed by atoms with Crippen molar-refractivity contribution >= 4 is 28.7 Å². The Hall–Kier alpha value is -1.49. The molecule has 2 heterocycles. The van der Waals surface area contributed by atoms with Crippen LogP contribution in [0.4, 0.5) is 0 Å². The summed E-state index contributed by atoms with van der Waals surface area (Å²) in [5.41, 5.74) is 2.25. The van der Waals surface area contributed by atoms with Crippen molar-refractivity contribution < 1.29 is 4.79 Å². The van der Waals surface area contributed by atoms with Gasteiger partial charge in [0.25, 0.3) is 0 Å². The predicted octanol–water partition coefficient (Wildman–Crippen LogP) is 2.95. The zero-order valence-electron chi connectivity index (χ0n) is 12.4. The molecule has 1 saturated heterocycles. The van der Waals surface area contributed by atoms with Crippen LogP contribution in [0.1, 0.15) is 25.8 Å². The number of thioether (sulfide) groups is 1. The highest BCUT2D eigenvalue weighted by Crippen LogP contribution is 2.26. The number of amides is 1. The fourth-order valence-electron chi connectivity index (χ4n) is 2.94. The summed E-state index contributed by atoms with van der Waals surface area (Å²) in [6.45, 7) is 3.81. The van der Waals surface area contributed by atoms with Gasteiger partial charge in [0.1, 0.15) is 0 Å². The lowest BCUT2D eigenvalue weighted by atomic mass is 10.0. The third kappa shape index (κ3) is 3.07. The monoisotopic (exact) mass is 303 g/mol. The van der Waals surface area contributed by atoms with Crippen molar-refractivity contribution in [1.82, 2.24) is 14.5 Å². The second-order valence-electron chi connectivity index (χ2n) is 5.39. The Morgan fingerprint density at radius 2 is 2.10 bits per heavy atom. The van der Waals surface area contributed by atoms with Crippen LogP contribution in [0.5, 0.6) is 0 Å². The van der Waals surface area contributed by atoms with E-state index in [1.807, 2.05) is 23.4 Å². The van der Waals surface area contributed by atoms with E-state index < -0.39 is 0 Å². The molecule has 1 aliphatic heterocycles. The highest BCUT2D eigenvalue weighted by Gasteiger charge is 2.24. The van der Waals surface area contributed by atoms with Crippen LogP contribution in [0.15, 0.2) is 30.6 Å². The molecule has 112 valence electrons. The summed E-state index contributed by atoms with van der Waals surface area (Å²) >= 11 is 1.70. The molecule has 1 fully saturated rings. The summed E-state index contributed by atoms with van der Waals surface area (Å²) in [6, 6.07) is 8.71. The molecule has 1 aliphatic rings. The zero-order chi connectivity index (χ0) is 14.7. The minimum atomic E-state index is 0.288. The number of piperidine rings is 1. The third-order valence-corrected chi connectivity index (χ3v) is 4.98. The fourth-order valence-corrected chi connectivity index (χ4v) is 3.50. The molecule has 21 heavy (non-hydrogen) atoms. The highest BCUT2D eigenvalue weighted by molar-refractivity contribution is 7.99. The number of benzene rings is 1. The molecule has 0 radical (unpaired) electrons. The van der Waals surface area contributed by atoms with Crippen molar-refractivity contribution in [1.29, 1.82) is 0 Å². The van der Waals surface area contributed by atoms with Crippen molar-refractivity contribution in [3.8, 4) is 0 Å². The van der Waals surface area contributed by atoms with E-state index in [-0.39, 0.29) is 5.91 Å². The van der Waals surface area contributed by atoms with Crippen LogP contribution in [0, 0.1) is 0 Å². The molecule has 0 spiro atoms. The van der Waals surface area contributed by atoms with Crippen molar-refractivity contribution in [2.45, 2.75) is 25.8 Å². The first-order chi connectivity index (χ1) is 10.3. The van der Waals surface area contributed by atoms with E-state index in [0.29, 0.717) is 11.8 Å². The highest BCUT2D eigenvalue weighted by atomic mass is 32.2. The zero-order valence-corrected chi connectivity index (χ0v) is 13.2. The van der Waals surface area contributed by atoms with Gasteiger partial charge in [0.05, 0.1) is 23.1 Å². The van der Waals surface area contributed by atoms with Crippen molar-refractivity contribution in [3.63, 3.8) is 0 Å². The number of imidazole rings is 1. The van der Waals surface area contributed by atoms with Crippen LogP contribution < -0.4 is 0 Å². The lowest BCUT2D eigenvalue weighted by Gasteiger charge is -2.32. The molecule has 0 atom stereocenters. The summed E-state index contributed by atoms with van der Waals surface area (Å²) in [5.74, 6) is 1.91. The van der Waals surface area contributed by atoms with Crippen LogP contribution in [0.25, 0.3) is 11.0 Å². The number of likely N-dealkylation sites (tertiary alicyclic amines) is 1. The quantitative estimate of drug-likeness (QED) is 0.871. The van der Waals surface area contributed by atoms with Crippen LogP contribution >= 0.6 is 11.8 Å². The van der Waals surface area contributed by atoms with Gasteiger partial charge in [-0.15, -0.1) is 0 Å². The molecule has 0 saturated carbocycles. The van der Waals surface area contributed by atoms with E-state index in [4.69, 9.17) is 0 Å². The average Bonchev–Trinajstić information content (AvgIpc) is 2.97. The normalized spacial score (nSPS) is 16.5. The number of fused-ring (bicyclic) bond motifs is 1. The Morgan fingerprint density at radius 3 is 2.86 bits per heavy atom. The molecule has 1 aromatic carbocycles. The van der Waals surface area contributed by atoms with Gasteiger partial charge in [-0.05, 0) is 30.7 Å². The molecule has 3 rings (SSSR count). The molecule has 0 aliphatic carbocycles. The van der Waals surface area contributed by atoms with Gasteiger partial charge in [0.15, 0.2) is 0 Å². The van der Waals surface area contributed by atoms with Crippen LogP contribution in [0.3, 0.4) is 0 Å². The number of rotatable bonds is 4. The minimum absolute atomic E-state index is 0.288. The number of aromatic nitrogens is 2. The maximum atomic E-state index is 12.0. The molecule has 2 aromatic rings. The fraction of sp³-hybridized carbons (Fsp3) is 0.500. The Bertz CT molecular complexity index is 617. The number of nitrogens with zero attached hydrogens (tertiary/aromatic N) is 3. The van der Waals surface area contributed by atoms with Crippen molar-refractivity contribution in [2.75, 3.05) is 24.6 Å². The molecule has 5 heteroatoms. The summed E-state index contributed by atoms with van der Waals surface area (Å²) in [5, 5.41) is 0. The van der Waals surface area contributed by atoms with Gasteiger partial charge in [0, 0.05) is 19.1 Å².